The van der Waals surface area contributed by atoms with Crippen molar-refractivity contribution in [1.82, 2.24) is 4.98 Å². The van der Waals surface area contributed by atoms with Gasteiger partial charge in [0.2, 0.25) is 0 Å². The third-order valence-electron chi connectivity index (χ3n) is 2.86. The summed E-state index contributed by atoms with van der Waals surface area (Å²) in [6.07, 6.45) is 1.99. The number of nitrogens with zero attached hydrogens (tertiary/aromatic N) is 1. The predicted molar refractivity (Wildman–Crippen MR) is 80.4 cm³/mol. The first-order chi connectivity index (χ1) is 10.2. The van der Waals surface area contributed by atoms with Crippen LogP contribution in [0.5, 0.6) is 11.5 Å². The van der Waals surface area contributed by atoms with Gasteiger partial charge in [0.25, 0.3) is 0 Å². The zero-order valence-corrected chi connectivity index (χ0v) is 12.8. The Balaban J connectivity index is 2.16. The number of rotatable bonds is 7. The van der Waals surface area contributed by atoms with Gasteiger partial charge in [0.1, 0.15) is 12.2 Å². The molecule has 0 saturated carbocycles. The van der Waals surface area contributed by atoms with Crippen LogP contribution in [-0.2, 0) is 13.0 Å². The van der Waals surface area contributed by atoms with Gasteiger partial charge in [-0.15, -0.1) is 11.3 Å². The van der Waals surface area contributed by atoms with Crippen LogP contribution in [0.15, 0.2) is 23.6 Å². The van der Waals surface area contributed by atoms with E-state index in [1.807, 2.05) is 5.38 Å². The van der Waals surface area contributed by atoms with Gasteiger partial charge >= 0.3 is 5.97 Å². The summed E-state index contributed by atoms with van der Waals surface area (Å²) in [5, 5.41) is 12.2. The largest absolute Gasteiger partial charge is 0.493 e. The third kappa shape index (κ3) is 3.72. The molecule has 6 heteroatoms. The minimum absolute atomic E-state index is 0.0818. The number of para-hydroxylation sites is 1. The van der Waals surface area contributed by atoms with Crippen LogP contribution in [0.3, 0.4) is 0 Å². The number of carboxylic acid groups (broad SMARTS) is 1. The maximum absolute atomic E-state index is 11.2. The number of ether oxygens (including phenoxy) is 2. The van der Waals surface area contributed by atoms with Crippen LogP contribution in [0, 0.1) is 0 Å². The van der Waals surface area contributed by atoms with Gasteiger partial charge < -0.3 is 14.6 Å². The van der Waals surface area contributed by atoms with Crippen LogP contribution < -0.4 is 9.47 Å². The van der Waals surface area contributed by atoms with Crippen molar-refractivity contribution >= 4 is 17.3 Å². The second-order valence-corrected chi connectivity index (χ2v) is 5.36. The van der Waals surface area contributed by atoms with Crippen LogP contribution in [0.2, 0.25) is 0 Å². The number of aromatic carboxylic acids is 1. The molecule has 1 aromatic heterocycles. The highest BCUT2D eigenvalue weighted by molar-refractivity contribution is 7.09. The van der Waals surface area contributed by atoms with E-state index in [4.69, 9.17) is 9.47 Å². The van der Waals surface area contributed by atoms with Gasteiger partial charge in [-0.25, -0.2) is 9.78 Å². The molecule has 0 spiro atoms. The average molecular weight is 307 g/mol. The van der Waals surface area contributed by atoms with Crippen molar-refractivity contribution in [3.8, 4) is 11.5 Å². The van der Waals surface area contributed by atoms with Crippen molar-refractivity contribution in [3.05, 3.63) is 39.8 Å². The molecule has 2 aromatic rings. The topological polar surface area (TPSA) is 68.7 Å². The van der Waals surface area contributed by atoms with Gasteiger partial charge in [0, 0.05) is 5.38 Å². The van der Waals surface area contributed by atoms with E-state index in [0.29, 0.717) is 5.75 Å². The van der Waals surface area contributed by atoms with Crippen molar-refractivity contribution in [1.29, 1.82) is 0 Å². The lowest BCUT2D eigenvalue weighted by Crippen LogP contribution is -2.05. The Bertz CT molecular complexity index is 624. The van der Waals surface area contributed by atoms with Crippen LogP contribution in [0.1, 0.15) is 34.4 Å². The van der Waals surface area contributed by atoms with Gasteiger partial charge in [-0.05, 0) is 25.0 Å². The first kappa shape index (κ1) is 15.3. The molecule has 2 rings (SSSR count). The fourth-order valence-corrected chi connectivity index (χ4v) is 2.77. The number of aryl methyl sites for hydroxylation is 1. The first-order valence-electron chi connectivity index (χ1n) is 6.62. The second-order valence-electron chi connectivity index (χ2n) is 4.41. The smallest absolute Gasteiger partial charge is 0.339 e. The number of hydrogen-bond donors (Lipinski definition) is 1. The molecular formula is C15H17NO4S. The van der Waals surface area contributed by atoms with Crippen molar-refractivity contribution < 1.29 is 19.4 Å². The van der Waals surface area contributed by atoms with Gasteiger partial charge in [-0.2, -0.15) is 0 Å². The fourth-order valence-electron chi connectivity index (χ4n) is 1.88. The number of carbonyl (C=O) groups is 1. The summed E-state index contributed by atoms with van der Waals surface area (Å²) in [6.45, 7) is 2.33. The maximum atomic E-state index is 11.2. The van der Waals surface area contributed by atoms with Crippen molar-refractivity contribution in [3.63, 3.8) is 0 Å². The zero-order chi connectivity index (χ0) is 15.2. The highest BCUT2D eigenvalue weighted by Crippen LogP contribution is 2.31. The van der Waals surface area contributed by atoms with Gasteiger partial charge in [-0.1, -0.05) is 13.0 Å². The Kier molecular flexibility index (Phi) is 5.16. The Labute approximate surface area is 127 Å². The summed E-state index contributed by atoms with van der Waals surface area (Å²) in [7, 11) is 1.48. The Morgan fingerprint density at radius 2 is 2.24 bits per heavy atom. The van der Waals surface area contributed by atoms with Crippen molar-refractivity contribution in [2.24, 2.45) is 0 Å². The number of carboxylic acids is 1. The second kappa shape index (κ2) is 7.08. The summed E-state index contributed by atoms with van der Waals surface area (Å²) < 4.78 is 10.8. The zero-order valence-electron chi connectivity index (χ0n) is 12.0. The monoisotopic (exact) mass is 307 g/mol. The molecule has 0 saturated heterocycles. The molecule has 5 nitrogen and oxygen atoms in total. The maximum Gasteiger partial charge on any atom is 0.339 e. The van der Waals surface area contributed by atoms with E-state index in [2.05, 4.69) is 11.9 Å². The molecule has 1 heterocycles. The van der Waals surface area contributed by atoms with Crippen LogP contribution in [0.4, 0.5) is 0 Å². The number of aromatic nitrogens is 1. The molecule has 0 fully saturated rings. The Hall–Kier alpha value is -2.08. The first-order valence-corrected chi connectivity index (χ1v) is 7.50. The van der Waals surface area contributed by atoms with Crippen LogP contribution >= 0.6 is 11.3 Å². The lowest BCUT2D eigenvalue weighted by Gasteiger charge is -2.12. The number of thiazole rings is 1. The fraction of sp³-hybridized carbons (Fsp3) is 0.333. The van der Waals surface area contributed by atoms with Gasteiger partial charge in [0.15, 0.2) is 11.5 Å². The SMILES string of the molecule is CCCc1nc(COc2c(OC)cccc2C(=O)O)cs1. The standard InChI is InChI=1S/C15H17NO4S/c1-3-5-13-16-10(9-21-13)8-20-14-11(15(17)18)6-4-7-12(14)19-2/h4,6-7,9H,3,5,8H2,1-2H3,(H,17,18). The van der Waals surface area contributed by atoms with E-state index in [1.165, 1.54) is 13.2 Å². The van der Waals surface area contributed by atoms with E-state index in [1.54, 1.807) is 23.5 Å². The molecule has 112 valence electrons. The predicted octanol–water partition coefficient (Wildman–Crippen LogP) is 3.38. The van der Waals surface area contributed by atoms with Crippen molar-refractivity contribution in [2.75, 3.05) is 7.11 Å². The minimum atomic E-state index is -1.05. The molecule has 0 aliphatic rings. The number of methoxy groups -OCH3 is 1. The summed E-state index contributed by atoms with van der Waals surface area (Å²) in [6, 6.07) is 4.78. The minimum Gasteiger partial charge on any atom is -0.493 e. The molecular weight excluding hydrogens is 290 g/mol. The Morgan fingerprint density at radius 1 is 1.43 bits per heavy atom. The highest BCUT2D eigenvalue weighted by atomic mass is 32.1. The van der Waals surface area contributed by atoms with E-state index in [-0.39, 0.29) is 17.9 Å². The molecule has 0 aliphatic carbocycles. The molecule has 0 atom stereocenters. The van der Waals surface area contributed by atoms with Crippen LogP contribution in [-0.4, -0.2) is 23.2 Å². The molecule has 0 aliphatic heterocycles. The van der Waals surface area contributed by atoms with Crippen LogP contribution in [0.25, 0.3) is 0 Å². The molecule has 0 radical (unpaired) electrons. The summed E-state index contributed by atoms with van der Waals surface area (Å²) in [4.78, 5) is 15.7. The van der Waals surface area contributed by atoms with E-state index in [0.717, 1.165) is 23.5 Å². The third-order valence-corrected chi connectivity index (χ3v) is 3.81. The van der Waals surface area contributed by atoms with E-state index in [9.17, 15) is 9.90 Å². The lowest BCUT2D eigenvalue weighted by atomic mass is 10.2. The van der Waals surface area contributed by atoms with E-state index >= 15 is 0 Å². The number of benzene rings is 1. The van der Waals surface area contributed by atoms with E-state index < -0.39 is 5.97 Å². The molecule has 1 N–H and O–H groups in total. The molecule has 0 amide bonds. The quantitative estimate of drug-likeness (QED) is 0.849. The highest BCUT2D eigenvalue weighted by Gasteiger charge is 2.16. The molecule has 0 bridgehead atoms. The normalized spacial score (nSPS) is 10.4. The molecule has 21 heavy (non-hydrogen) atoms. The average Bonchev–Trinajstić information content (AvgIpc) is 2.92. The van der Waals surface area contributed by atoms with Crippen molar-refractivity contribution in [2.45, 2.75) is 26.4 Å². The Morgan fingerprint density at radius 3 is 2.90 bits per heavy atom. The molecule has 1 aromatic carbocycles. The van der Waals surface area contributed by atoms with Gasteiger partial charge in [-0.3, -0.25) is 0 Å². The lowest BCUT2D eigenvalue weighted by molar-refractivity contribution is 0.0690. The molecule has 0 unspecified atom stereocenters. The van der Waals surface area contributed by atoms with Gasteiger partial charge in [0.05, 0.1) is 17.8 Å². The summed E-state index contributed by atoms with van der Waals surface area (Å²) in [5.41, 5.74) is 0.879. The number of hydrogen-bond acceptors (Lipinski definition) is 5. The summed E-state index contributed by atoms with van der Waals surface area (Å²) >= 11 is 1.59. The summed E-state index contributed by atoms with van der Waals surface area (Å²) in [5.74, 6) is -0.412.